The van der Waals surface area contributed by atoms with Crippen molar-refractivity contribution in [2.24, 2.45) is 99.6 Å². The van der Waals surface area contributed by atoms with Gasteiger partial charge >= 0.3 is 29.8 Å². The Labute approximate surface area is 318 Å². The fourth-order valence-electron chi connectivity index (χ4n) is 16.1. The van der Waals surface area contributed by atoms with Gasteiger partial charge in [-0.1, -0.05) is 13.8 Å². The number of ketones is 1. The lowest BCUT2D eigenvalue weighted by molar-refractivity contribution is -0.218. The SMILES string of the molecule is CC1C(=O)OC(=O)C1C(C)(CC(C)(CC1C(C)C2CC1C1COC(=O)C21)C(=O)OC1(C)C2CC3CC(C2)CC1C3)C(=O)OC12CC3CC(C1)C(=O)C(C3)C2. The summed E-state index contributed by atoms with van der Waals surface area (Å²) in [7, 11) is 0. The van der Waals surface area contributed by atoms with Crippen molar-refractivity contribution in [1.82, 2.24) is 0 Å². The maximum atomic E-state index is 15.4. The monoisotopic (exact) mass is 746 g/mol. The molecule has 12 unspecified atom stereocenters. The molecule has 294 valence electrons. The number of rotatable bonds is 9. The number of hydrogen-bond donors (Lipinski definition) is 0. The van der Waals surface area contributed by atoms with Gasteiger partial charge in [0, 0.05) is 17.8 Å². The molecule has 0 N–H and O–H groups in total. The van der Waals surface area contributed by atoms with Crippen LogP contribution in [0.15, 0.2) is 0 Å². The van der Waals surface area contributed by atoms with E-state index in [0.29, 0.717) is 61.9 Å². The van der Waals surface area contributed by atoms with Crippen molar-refractivity contribution in [1.29, 1.82) is 0 Å². The average Bonchev–Trinajstić information content (AvgIpc) is 3.82. The van der Waals surface area contributed by atoms with Gasteiger partial charge in [0.05, 0.1) is 35.2 Å². The number of carbonyl (C=O) groups is 6. The van der Waals surface area contributed by atoms with Gasteiger partial charge in [0.15, 0.2) is 0 Å². The number of carbonyl (C=O) groups excluding carboxylic acids is 6. The first-order chi connectivity index (χ1) is 25.5. The summed E-state index contributed by atoms with van der Waals surface area (Å²) in [6.45, 7) is 10.0. The van der Waals surface area contributed by atoms with Crippen LogP contribution in [0.3, 0.4) is 0 Å². The van der Waals surface area contributed by atoms with Gasteiger partial charge in [-0.15, -0.1) is 0 Å². The highest BCUT2D eigenvalue weighted by Crippen LogP contribution is 2.65. The molecule has 2 aliphatic heterocycles. The van der Waals surface area contributed by atoms with Crippen LogP contribution in [0.4, 0.5) is 0 Å². The molecule has 0 radical (unpaired) electrons. The molecular formula is C44H58O10. The topological polar surface area (TPSA) is 139 Å². The molecule has 10 saturated carbocycles. The highest BCUT2D eigenvalue weighted by atomic mass is 16.6. The molecule has 0 spiro atoms. The molecule has 12 atom stereocenters. The normalized spacial score (nSPS) is 51.2. The Bertz CT molecular complexity index is 1670. The number of cyclic esters (lactones) is 3. The van der Waals surface area contributed by atoms with E-state index < -0.39 is 51.8 Å². The summed E-state index contributed by atoms with van der Waals surface area (Å²) in [5.74, 6) is -1.54. The second-order valence-corrected chi connectivity index (χ2v) is 21.5. The maximum Gasteiger partial charge on any atom is 0.318 e. The Hall–Kier alpha value is -2.78. The van der Waals surface area contributed by atoms with E-state index in [2.05, 4.69) is 13.8 Å². The average molecular weight is 747 g/mol. The van der Waals surface area contributed by atoms with Crippen LogP contribution in [0, 0.1) is 99.6 Å². The fraction of sp³-hybridized carbons (Fsp3) is 0.864. The standard InChI is InChI=1S/C44H58O10/c1-20-29-13-30(32-18-51-37(47)33(29)32)31(20)17-41(3,39(49)53-43(5)27-9-22-6-23(11-27)12-28(43)10-22)19-42(4,34-21(2)36(46)52-38(34)48)40(50)54-44-14-24-7-25(15-44)35(45)26(8-24)16-44/h20-34H,6-19H2,1-5H3. The first kappa shape index (κ1) is 35.6. The predicted molar refractivity (Wildman–Crippen MR) is 190 cm³/mol. The van der Waals surface area contributed by atoms with Crippen molar-refractivity contribution < 1.29 is 47.7 Å². The van der Waals surface area contributed by atoms with E-state index in [0.717, 1.165) is 44.9 Å². The zero-order valence-corrected chi connectivity index (χ0v) is 32.6. The molecule has 12 fully saturated rings. The molecular weight excluding hydrogens is 688 g/mol. The first-order valence-electron chi connectivity index (χ1n) is 21.4. The fourth-order valence-corrected chi connectivity index (χ4v) is 16.1. The van der Waals surface area contributed by atoms with Crippen LogP contribution in [-0.2, 0) is 47.7 Å². The van der Waals surface area contributed by atoms with Crippen molar-refractivity contribution in [3.63, 3.8) is 0 Å². The smallest absolute Gasteiger partial charge is 0.318 e. The summed E-state index contributed by atoms with van der Waals surface area (Å²) in [6.07, 6.45) is 10.2. The second kappa shape index (κ2) is 11.6. The highest BCUT2D eigenvalue weighted by molar-refractivity contribution is 6.00. The molecule has 2 heterocycles. The van der Waals surface area contributed by atoms with Gasteiger partial charge in [0.1, 0.15) is 17.0 Å². The van der Waals surface area contributed by atoms with Crippen molar-refractivity contribution in [3.05, 3.63) is 0 Å². The Morgan fingerprint density at radius 3 is 2.00 bits per heavy atom. The molecule has 0 amide bonds. The van der Waals surface area contributed by atoms with Crippen LogP contribution in [0.1, 0.15) is 118 Å². The number of fused-ring (bicyclic) bond motifs is 5. The molecule has 0 aromatic rings. The Morgan fingerprint density at radius 1 is 0.741 bits per heavy atom. The molecule has 0 aromatic carbocycles. The molecule has 10 bridgehead atoms. The van der Waals surface area contributed by atoms with E-state index >= 15 is 9.59 Å². The molecule has 10 heteroatoms. The van der Waals surface area contributed by atoms with Crippen LogP contribution >= 0.6 is 0 Å². The highest BCUT2D eigenvalue weighted by Gasteiger charge is 2.67. The van der Waals surface area contributed by atoms with E-state index in [1.165, 1.54) is 6.42 Å². The van der Waals surface area contributed by atoms with Gasteiger partial charge < -0.3 is 18.9 Å². The van der Waals surface area contributed by atoms with Crippen LogP contribution < -0.4 is 0 Å². The third-order valence-corrected chi connectivity index (χ3v) is 18.3. The van der Waals surface area contributed by atoms with Crippen LogP contribution in [0.2, 0.25) is 0 Å². The van der Waals surface area contributed by atoms with Gasteiger partial charge in [0.2, 0.25) is 0 Å². The molecule has 54 heavy (non-hydrogen) atoms. The van der Waals surface area contributed by atoms with Gasteiger partial charge in [0.25, 0.3) is 0 Å². The van der Waals surface area contributed by atoms with E-state index in [-0.39, 0.29) is 71.5 Å². The number of ether oxygens (including phenoxy) is 4. The zero-order valence-electron chi connectivity index (χ0n) is 32.6. The minimum atomic E-state index is -1.59. The van der Waals surface area contributed by atoms with Crippen molar-refractivity contribution >= 4 is 35.6 Å². The minimum absolute atomic E-state index is 0.0405. The number of hydrogen-bond acceptors (Lipinski definition) is 10. The summed E-state index contributed by atoms with van der Waals surface area (Å²) in [5, 5.41) is 0. The predicted octanol–water partition coefficient (Wildman–Crippen LogP) is 6.26. The van der Waals surface area contributed by atoms with Gasteiger partial charge in [-0.05, 0) is 158 Å². The van der Waals surface area contributed by atoms with Crippen molar-refractivity contribution in [3.8, 4) is 0 Å². The third-order valence-electron chi connectivity index (χ3n) is 18.3. The van der Waals surface area contributed by atoms with Crippen molar-refractivity contribution in [2.45, 2.75) is 129 Å². The maximum absolute atomic E-state index is 15.4. The summed E-state index contributed by atoms with van der Waals surface area (Å²) >= 11 is 0. The minimum Gasteiger partial charge on any atom is -0.465 e. The third kappa shape index (κ3) is 4.94. The van der Waals surface area contributed by atoms with Gasteiger partial charge in [-0.3, -0.25) is 28.8 Å². The summed E-state index contributed by atoms with van der Waals surface area (Å²) in [6, 6.07) is 0. The molecule has 2 saturated heterocycles. The summed E-state index contributed by atoms with van der Waals surface area (Å²) in [4.78, 5) is 83.2. The van der Waals surface area contributed by atoms with Crippen molar-refractivity contribution in [2.75, 3.05) is 6.61 Å². The Balaban J connectivity index is 1.01. The molecule has 12 aliphatic rings. The summed E-state index contributed by atoms with van der Waals surface area (Å²) in [5.41, 5.74) is -4.23. The quantitative estimate of drug-likeness (QED) is 0.151. The van der Waals surface area contributed by atoms with E-state index in [1.807, 2.05) is 6.92 Å². The molecule has 10 aliphatic carbocycles. The lowest BCUT2D eigenvalue weighted by atomic mass is 9.50. The molecule has 12 rings (SSSR count). The second-order valence-electron chi connectivity index (χ2n) is 21.5. The van der Waals surface area contributed by atoms with Gasteiger partial charge in [-0.2, -0.15) is 0 Å². The Kier molecular flexibility index (Phi) is 7.68. The summed E-state index contributed by atoms with van der Waals surface area (Å²) < 4.78 is 24.4. The van der Waals surface area contributed by atoms with Crippen LogP contribution in [0.5, 0.6) is 0 Å². The number of Topliss-reactive ketones (excluding diaryl/α,β-unsaturated/α-hetero) is 1. The zero-order chi connectivity index (χ0) is 37.9. The number of esters is 5. The van der Waals surface area contributed by atoms with Gasteiger partial charge in [-0.25, -0.2) is 0 Å². The van der Waals surface area contributed by atoms with Crippen LogP contribution in [-0.4, -0.2) is 53.4 Å². The lowest BCUT2D eigenvalue weighted by Crippen LogP contribution is -2.60. The largest absolute Gasteiger partial charge is 0.465 e. The lowest BCUT2D eigenvalue weighted by Gasteiger charge is -2.59. The first-order valence-corrected chi connectivity index (χ1v) is 21.4. The Morgan fingerprint density at radius 2 is 1.39 bits per heavy atom. The molecule has 10 nitrogen and oxygen atoms in total. The van der Waals surface area contributed by atoms with E-state index in [1.54, 1.807) is 13.8 Å². The molecule has 0 aromatic heterocycles. The van der Waals surface area contributed by atoms with Crippen LogP contribution in [0.25, 0.3) is 0 Å². The van der Waals surface area contributed by atoms with E-state index in [9.17, 15) is 19.2 Å². The van der Waals surface area contributed by atoms with E-state index in [4.69, 9.17) is 18.9 Å².